The molecule has 1 aliphatic heterocycles. The number of aromatic nitrogens is 2. The fourth-order valence-electron chi connectivity index (χ4n) is 3.83. The van der Waals surface area contributed by atoms with E-state index >= 15 is 0 Å². The molecular formula is C22H28N6. The van der Waals surface area contributed by atoms with E-state index in [-0.39, 0.29) is 0 Å². The number of nitrogens with one attached hydrogen (secondary N) is 1. The number of hydrogen-bond donors (Lipinski definition) is 2. The lowest BCUT2D eigenvalue weighted by Gasteiger charge is -2.34. The van der Waals surface area contributed by atoms with Crippen LogP contribution in [0.2, 0.25) is 0 Å². The number of anilines is 4. The normalized spacial score (nSPS) is 15.2. The highest BCUT2D eigenvalue weighted by molar-refractivity contribution is 5.90. The summed E-state index contributed by atoms with van der Waals surface area (Å²) >= 11 is 0. The number of nitrogen functional groups attached to an aromatic ring is 1. The molecule has 0 atom stereocenters. The summed E-state index contributed by atoms with van der Waals surface area (Å²) in [6.07, 6.45) is 0. The maximum absolute atomic E-state index is 6.15. The van der Waals surface area contributed by atoms with E-state index in [4.69, 9.17) is 10.7 Å². The van der Waals surface area contributed by atoms with Crippen LogP contribution in [-0.4, -0.2) is 48.1 Å². The summed E-state index contributed by atoms with van der Waals surface area (Å²) in [5, 5.41) is 4.42. The molecule has 146 valence electrons. The lowest BCUT2D eigenvalue weighted by Crippen LogP contribution is -2.44. The van der Waals surface area contributed by atoms with Crippen molar-refractivity contribution < 1.29 is 0 Å². The van der Waals surface area contributed by atoms with Gasteiger partial charge in [-0.3, -0.25) is 0 Å². The first-order valence-corrected chi connectivity index (χ1v) is 9.77. The van der Waals surface area contributed by atoms with Gasteiger partial charge in [0.2, 0.25) is 5.95 Å². The minimum Gasteiger partial charge on any atom is -0.398 e. The molecule has 6 nitrogen and oxygen atoms in total. The Hall–Kier alpha value is -2.86. The number of piperazine rings is 1. The van der Waals surface area contributed by atoms with E-state index in [1.54, 1.807) is 0 Å². The first-order valence-electron chi connectivity index (χ1n) is 9.77. The summed E-state index contributed by atoms with van der Waals surface area (Å²) in [6, 6.07) is 10.4. The molecule has 2 heterocycles. The molecule has 2 aromatic carbocycles. The third-order valence-electron chi connectivity index (χ3n) is 5.77. The molecule has 3 N–H and O–H groups in total. The van der Waals surface area contributed by atoms with E-state index in [2.05, 4.69) is 58.3 Å². The SMILES string of the molecule is Cc1c(N)cc2nc(Nc3ccc(N4CCN(C)CC4)cc3)nc(C)c2c1C. The van der Waals surface area contributed by atoms with Crippen LogP contribution in [0.5, 0.6) is 0 Å². The van der Waals surface area contributed by atoms with E-state index in [1.165, 1.54) is 5.69 Å². The van der Waals surface area contributed by atoms with Crippen LogP contribution in [0.4, 0.5) is 23.0 Å². The third kappa shape index (κ3) is 3.47. The molecule has 1 saturated heterocycles. The largest absolute Gasteiger partial charge is 0.398 e. The van der Waals surface area contributed by atoms with Gasteiger partial charge in [-0.15, -0.1) is 0 Å². The van der Waals surface area contributed by atoms with Crippen LogP contribution in [-0.2, 0) is 0 Å². The summed E-state index contributed by atoms with van der Waals surface area (Å²) in [4.78, 5) is 14.2. The van der Waals surface area contributed by atoms with Crippen LogP contribution < -0.4 is 16.0 Å². The van der Waals surface area contributed by atoms with Crippen LogP contribution in [0.15, 0.2) is 30.3 Å². The highest BCUT2D eigenvalue weighted by atomic mass is 15.2. The fraction of sp³-hybridized carbons (Fsp3) is 0.364. The van der Waals surface area contributed by atoms with Crippen molar-refractivity contribution in [1.82, 2.24) is 14.9 Å². The average Bonchev–Trinajstić information content (AvgIpc) is 2.67. The number of nitrogens with two attached hydrogens (primary N) is 1. The summed E-state index contributed by atoms with van der Waals surface area (Å²) in [7, 11) is 2.17. The molecule has 4 rings (SSSR count). The smallest absolute Gasteiger partial charge is 0.228 e. The predicted octanol–water partition coefficient (Wildman–Crippen LogP) is 3.63. The molecule has 0 bridgehead atoms. The molecule has 1 aliphatic rings. The molecule has 6 heteroatoms. The lowest BCUT2D eigenvalue weighted by molar-refractivity contribution is 0.313. The number of hydrogen-bond acceptors (Lipinski definition) is 6. The topological polar surface area (TPSA) is 70.3 Å². The van der Waals surface area contributed by atoms with Gasteiger partial charge >= 0.3 is 0 Å². The summed E-state index contributed by atoms with van der Waals surface area (Å²) in [6.45, 7) is 10.5. The Labute approximate surface area is 166 Å². The molecule has 0 spiro atoms. The van der Waals surface area contributed by atoms with Crippen LogP contribution in [0.1, 0.15) is 16.8 Å². The number of benzene rings is 2. The average molecular weight is 377 g/mol. The minimum atomic E-state index is 0.597. The number of nitrogens with zero attached hydrogens (tertiary/aromatic N) is 4. The van der Waals surface area contributed by atoms with Crippen LogP contribution in [0.25, 0.3) is 10.9 Å². The van der Waals surface area contributed by atoms with Crippen molar-refractivity contribution in [2.75, 3.05) is 49.2 Å². The first kappa shape index (κ1) is 18.5. The highest BCUT2D eigenvalue weighted by Gasteiger charge is 2.14. The van der Waals surface area contributed by atoms with E-state index in [9.17, 15) is 0 Å². The van der Waals surface area contributed by atoms with Gasteiger partial charge in [0.1, 0.15) is 0 Å². The minimum absolute atomic E-state index is 0.597. The maximum atomic E-state index is 6.15. The quantitative estimate of drug-likeness (QED) is 0.680. The number of rotatable bonds is 3. The monoisotopic (exact) mass is 376 g/mol. The van der Waals surface area contributed by atoms with Gasteiger partial charge in [0, 0.05) is 48.6 Å². The van der Waals surface area contributed by atoms with Gasteiger partial charge in [-0.2, -0.15) is 0 Å². The predicted molar refractivity (Wildman–Crippen MR) is 118 cm³/mol. The van der Waals surface area contributed by atoms with Gasteiger partial charge in [0.15, 0.2) is 0 Å². The Morgan fingerprint density at radius 2 is 1.61 bits per heavy atom. The van der Waals surface area contributed by atoms with Crippen molar-refractivity contribution in [3.8, 4) is 0 Å². The maximum Gasteiger partial charge on any atom is 0.228 e. The van der Waals surface area contributed by atoms with Crippen molar-refractivity contribution >= 4 is 33.9 Å². The Morgan fingerprint density at radius 3 is 2.29 bits per heavy atom. The van der Waals surface area contributed by atoms with Gasteiger partial charge < -0.3 is 20.9 Å². The Kier molecular flexibility index (Phi) is 4.81. The van der Waals surface area contributed by atoms with Crippen molar-refractivity contribution in [2.24, 2.45) is 0 Å². The van der Waals surface area contributed by atoms with Crippen molar-refractivity contribution in [3.05, 3.63) is 47.2 Å². The Bertz CT molecular complexity index is 1000. The second kappa shape index (κ2) is 7.28. The number of aryl methyl sites for hydroxylation is 2. The molecule has 1 aromatic heterocycles. The number of fused-ring (bicyclic) bond motifs is 1. The third-order valence-corrected chi connectivity index (χ3v) is 5.77. The highest BCUT2D eigenvalue weighted by Crippen LogP contribution is 2.29. The Balaban J connectivity index is 1.57. The summed E-state index contributed by atoms with van der Waals surface area (Å²) in [5.41, 5.74) is 13.2. The second-order valence-electron chi connectivity index (χ2n) is 7.70. The fourth-order valence-corrected chi connectivity index (χ4v) is 3.83. The Morgan fingerprint density at radius 1 is 0.929 bits per heavy atom. The van der Waals surface area contributed by atoms with E-state index in [1.807, 2.05) is 19.9 Å². The second-order valence-corrected chi connectivity index (χ2v) is 7.70. The zero-order valence-electron chi connectivity index (χ0n) is 17.1. The first-order chi connectivity index (χ1) is 13.4. The standard InChI is InChI=1S/C22H28N6/c1-14-15(2)21-16(3)24-22(26-20(21)13-19(14)23)25-17-5-7-18(8-6-17)28-11-9-27(4)10-12-28/h5-8,13H,9-12,23H2,1-4H3,(H,24,25,26). The zero-order chi connectivity index (χ0) is 19.8. The van der Waals surface area contributed by atoms with E-state index < -0.39 is 0 Å². The summed E-state index contributed by atoms with van der Waals surface area (Å²) in [5.74, 6) is 0.597. The molecule has 0 amide bonds. The van der Waals surface area contributed by atoms with Gasteiger partial charge in [-0.1, -0.05) is 0 Å². The molecule has 0 radical (unpaired) electrons. The molecule has 3 aromatic rings. The zero-order valence-corrected chi connectivity index (χ0v) is 17.1. The van der Waals surface area contributed by atoms with Crippen molar-refractivity contribution in [2.45, 2.75) is 20.8 Å². The van der Waals surface area contributed by atoms with Crippen molar-refractivity contribution in [3.63, 3.8) is 0 Å². The van der Waals surface area contributed by atoms with Gasteiger partial charge in [-0.05, 0) is 69.3 Å². The molecule has 28 heavy (non-hydrogen) atoms. The molecule has 0 aliphatic carbocycles. The van der Waals surface area contributed by atoms with Gasteiger partial charge in [0.25, 0.3) is 0 Å². The molecule has 1 fully saturated rings. The van der Waals surface area contributed by atoms with Crippen LogP contribution in [0, 0.1) is 20.8 Å². The van der Waals surface area contributed by atoms with Gasteiger partial charge in [0.05, 0.1) is 11.2 Å². The number of likely N-dealkylation sites (N-methyl/N-ethyl adjacent to an activating group) is 1. The van der Waals surface area contributed by atoms with E-state index in [0.29, 0.717) is 5.95 Å². The van der Waals surface area contributed by atoms with Gasteiger partial charge in [-0.25, -0.2) is 9.97 Å². The lowest BCUT2D eigenvalue weighted by atomic mass is 10.0. The van der Waals surface area contributed by atoms with Crippen LogP contribution in [0.3, 0.4) is 0 Å². The van der Waals surface area contributed by atoms with E-state index in [0.717, 1.165) is 65.3 Å². The molecular weight excluding hydrogens is 348 g/mol. The van der Waals surface area contributed by atoms with Crippen LogP contribution >= 0.6 is 0 Å². The molecule has 0 saturated carbocycles. The summed E-state index contributed by atoms with van der Waals surface area (Å²) < 4.78 is 0. The van der Waals surface area contributed by atoms with Crippen molar-refractivity contribution in [1.29, 1.82) is 0 Å². The molecule has 0 unspecified atom stereocenters.